The quantitative estimate of drug-likeness (QED) is 0.355. The molecule has 0 saturated heterocycles. The van der Waals surface area contributed by atoms with E-state index in [-0.39, 0.29) is 5.84 Å². The molecule has 0 amide bonds. The Morgan fingerprint density at radius 3 is 3.14 bits per heavy atom. The van der Waals surface area contributed by atoms with Gasteiger partial charge in [0.2, 0.25) is 0 Å². The number of rotatable bonds is 2. The molecule has 76 valence electrons. The van der Waals surface area contributed by atoms with E-state index < -0.39 is 0 Å². The number of fused-ring (bicyclic) bond motifs is 1. The summed E-state index contributed by atoms with van der Waals surface area (Å²) in [5.41, 5.74) is 1.81. The van der Waals surface area contributed by atoms with E-state index in [0.29, 0.717) is 6.42 Å². The van der Waals surface area contributed by atoms with Crippen LogP contribution in [0, 0.1) is 5.41 Å². The molecule has 1 aliphatic rings. The molecule has 1 aromatic rings. The maximum Gasteiger partial charge on any atom is 0.140 e. The van der Waals surface area contributed by atoms with Crippen molar-refractivity contribution in [3.8, 4) is 0 Å². The highest BCUT2D eigenvalue weighted by Gasteiger charge is 2.16. The minimum Gasteiger partial charge on any atom is -0.315 e. The van der Waals surface area contributed by atoms with Gasteiger partial charge in [0.25, 0.3) is 0 Å². The molecule has 0 atom stereocenters. The number of hydroxylamine groups is 1. The molecule has 2 heterocycles. The minimum atomic E-state index is 0.0470. The molecule has 0 fully saturated rings. The summed E-state index contributed by atoms with van der Waals surface area (Å²) in [6.07, 6.45) is 3.57. The van der Waals surface area contributed by atoms with E-state index in [1.807, 2.05) is 10.0 Å². The molecule has 0 radical (unpaired) electrons. The van der Waals surface area contributed by atoms with Gasteiger partial charge < -0.3 is 4.57 Å². The van der Waals surface area contributed by atoms with Gasteiger partial charge in [-0.25, -0.2) is 0 Å². The van der Waals surface area contributed by atoms with Crippen LogP contribution in [0.4, 0.5) is 0 Å². The van der Waals surface area contributed by atoms with E-state index >= 15 is 0 Å². The van der Waals surface area contributed by atoms with Crippen molar-refractivity contribution in [3.63, 3.8) is 0 Å². The Morgan fingerprint density at radius 2 is 2.36 bits per heavy atom. The van der Waals surface area contributed by atoms with Crippen molar-refractivity contribution in [1.29, 1.82) is 5.41 Å². The van der Waals surface area contributed by atoms with Gasteiger partial charge >= 0.3 is 0 Å². The molecule has 2 rings (SSSR count). The third-order valence-electron chi connectivity index (χ3n) is 2.41. The van der Waals surface area contributed by atoms with Gasteiger partial charge in [0, 0.05) is 13.0 Å². The Balaban J connectivity index is 2.18. The van der Waals surface area contributed by atoms with Crippen LogP contribution in [-0.4, -0.2) is 25.8 Å². The highest BCUT2D eigenvalue weighted by Crippen LogP contribution is 2.14. The van der Waals surface area contributed by atoms with Gasteiger partial charge in [-0.1, -0.05) is 0 Å². The molecule has 3 N–H and O–H groups in total. The molecule has 0 aromatic carbocycles. The van der Waals surface area contributed by atoms with Gasteiger partial charge in [-0.15, -0.1) is 10.2 Å². The van der Waals surface area contributed by atoms with Crippen molar-refractivity contribution >= 4 is 5.84 Å². The topological polar surface area (TPSA) is 86.8 Å². The molecule has 0 unspecified atom stereocenters. The van der Waals surface area contributed by atoms with Gasteiger partial charge in [-0.3, -0.25) is 16.1 Å². The number of aryl methyl sites for hydroxylation is 1. The summed E-state index contributed by atoms with van der Waals surface area (Å²) in [4.78, 5) is 0. The van der Waals surface area contributed by atoms with Crippen LogP contribution in [0.15, 0.2) is 0 Å². The first-order chi connectivity index (χ1) is 6.81. The first kappa shape index (κ1) is 9.14. The fraction of sp³-hybridized carbons (Fsp3) is 0.625. The lowest BCUT2D eigenvalue weighted by Gasteiger charge is -2.14. The molecular weight excluding hydrogens is 182 g/mol. The summed E-state index contributed by atoms with van der Waals surface area (Å²) in [5.74, 6) is 1.80. The zero-order valence-corrected chi connectivity index (χ0v) is 7.82. The van der Waals surface area contributed by atoms with Crippen molar-refractivity contribution < 1.29 is 5.21 Å². The number of amidine groups is 1. The summed E-state index contributed by atoms with van der Waals surface area (Å²) in [7, 11) is 0. The smallest absolute Gasteiger partial charge is 0.140 e. The normalized spacial score (nSPS) is 14.9. The zero-order chi connectivity index (χ0) is 9.97. The molecule has 0 saturated carbocycles. The predicted molar refractivity (Wildman–Crippen MR) is 49.3 cm³/mol. The summed E-state index contributed by atoms with van der Waals surface area (Å²) in [6, 6.07) is 0. The number of nitrogens with one attached hydrogen (secondary N) is 2. The van der Waals surface area contributed by atoms with Gasteiger partial charge in [0.1, 0.15) is 17.5 Å². The number of nitrogens with zero attached hydrogens (tertiary/aromatic N) is 3. The Hall–Kier alpha value is -1.43. The van der Waals surface area contributed by atoms with Crippen molar-refractivity contribution in [2.45, 2.75) is 32.2 Å². The van der Waals surface area contributed by atoms with Crippen LogP contribution in [0.25, 0.3) is 0 Å². The van der Waals surface area contributed by atoms with E-state index in [4.69, 9.17) is 10.6 Å². The SMILES string of the molecule is N=C(Cc1nnc2n1CCCC2)NO. The van der Waals surface area contributed by atoms with E-state index in [1.54, 1.807) is 0 Å². The Labute approximate surface area is 81.4 Å². The van der Waals surface area contributed by atoms with Gasteiger partial charge in [0.05, 0.1) is 6.42 Å². The van der Waals surface area contributed by atoms with Crippen LogP contribution in [0.2, 0.25) is 0 Å². The molecular formula is C8H13N5O. The van der Waals surface area contributed by atoms with Crippen LogP contribution >= 0.6 is 0 Å². The first-order valence-corrected chi connectivity index (χ1v) is 4.69. The van der Waals surface area contributed by atoms with Crippen LogP contribution in [0.5, 0.6) is 0 Å². The van der Waals surface area contributed by atoms with E-state index in [2.05, 4.69) is 10.2 Å². The summed E-state index contributed by atoms with van der Waals surface area (Å²) in [5, 5.41) is 23.9. The maximum absolute atomic E-state index is 8.51. The average Bonchev–Trinajstić information content (AvgIpc) is 2.62. The molecule has 1 aliphatic heterocycles. The average molecular weight is 195 g/mol. The van der Waals surface area contributed by atoms with Crippen molar-refractivity contribution in [2.75, 3.05) is 0 Å². The third kappa shape index (κ3) is 1.60. The largest absolute Gasteiger partial charge is 0.315 e. The highest BCUT2D eigenvalue weighted by atomic mass is 16.5. The Morgan fingerprint density at radius 1 is 1.50 bits per heavy atom. The van der Waals surface area contributed by atoms with Crippen LogP contribution in [-0.2, 0) is 19.4 Å². The predicted octanol–water partition coefficient (Wildman–Crippen LogP) is 0.113. The van der Waals surface area contributed by atoms with Gasteiger partial charge in [0.15, 0.2) is 0 Å². The van der Waals surface area contributed by atoms with Crippen LogP contribution in [0.1, 0.15) is 24.5 Å². The summed E-state index contributed by atoms with van der Waals surface area (Å²) >= 11 is 0. The second-order valence-electron chi connectivity index (χ2n) is 3.41. The number of aromatic nitrogens is 3. The second kappa shape index (κ2) is 3.75. The fourth-order valence-corrected chi connectivity index (χ4v) is 1.70. The van der Waals surface area contributed by atoms with E-state index in [0.717, 1.165) is 37.5 Å². The molecule has 6 nitrogen and oxygen atoms in total. The minimum absolute atomic E-state index is 0.0470. The van der Waals surface area contributed by atoms with Crippen molar-refractivity contribution in [1.82, 2.24) is 20.2 Å². The van der Waals surface area contributed by atoms with Crippen LogP contribution in [0.3, 0.4) is 0 Å². The number of hydrogen-bond donors (Lipinski definition) is 3. The molecule has 0 bridgehead atoms. The van der Waals surface area contributed by atoms with E-state index in [1.165, 1.54) is 0 Å². The monoisotopic (exact) mass is 195 g/mol. The van der Waals surface area contributed by atoms with Crippen molar-refractivity contribution in [3.05, 3.63) is 11.6 Å². The zero-order valence-electron chi connectivity index (χ0n) is 7.82. The molecule has 0 aliphatic carbocycles. The second-order valence-corrected chi connectivity index (χ2v) is 3.41. The maximum atomic E-state index is 8.51. The van der Waals surface area contributed by atoms with Gasteiger partial charge in [-0.2, -0.15) is 0 Å². The lowest BCUT2D eigenvalue weighted by Crippen LogP contribution is -2.23. The molecule has 1 aromatic heterocycles. The Bertz CT molecular complexity index is 346. The summed E-state index contributed by atoms with van der Waals surface area (Å²) in [6.45, 7) is 0.927. The van der Waals surface area contributed by atoms with E-state index in [9.17, 15) is 0 Å². The molecule has 14 heavy (non-hydrogen) atoms. The number of hydrogen-bond acceptors (Lipinski definition) is 4. The molecule has 6 heteroatoms. The van der Waals surface area contributed by atoms with Crippen molar-refractivity contribution in [2.24, 2.45) is 0 Å². The standard InChI is InChI=1S/C8H13N5O/c9-6(12-14)5-8-11-10-7-3-1-2-4-13(7)8/h14H,1-5H2,(H2,9,12). The molecule has 0 spiro atoms. The van der Waals surface area contributed by atoms with Crippen LogP contribution < -0.4 is 5.48 Å². The van der Waals surface area contributed by atoms with Gasteiger partial charge in [-0.05, 0) is 12.8 Å². The highest BCUT2D eigenvalue weighted by molar-refractivity contribution is 5.79. The lowest BCUT2D eigenvalue weighted by molar-refractivity contribution is 0.231. The first-order valence-electron chi connectivity index (χ1n) is 4.69. The summed E-state index contributed by atoms with van der Waals surface area (Å²) < 4.78 is 2.04. The third-order valence-corrected chi connectivity index (χ3v) is 2.41. The lowest BCUT2D eigenvalue weighted by atomic mass is 10.1. The Kier molecular flexibility index (Phi) is 2.45. The fourth-order valence-electron chi connectivity index (χ4n) is 1.70.